The summed E-state index contributed by atoms with van der Waals surface area (Å²) in [4.78, 5) is 12.3. The minimum Gasteiger partial charge on any atom is -0.357 e. The van der Waals surface area contributed by atoms with Crippen molar-refractivity contribution in [3.8, 4) is 0 Å². The lowest BCUT2D eigenvalue weighted by molar-refractivity contribution is 0.102. The van der Waals surface area contributed by atoms with Crippen LogP contribution >= 0.6 is 34.5 Å². The van der Waals surface area contributed by atoms with E-state index in [2.05, 4.69) is 20.8 Å². The zero-order valence-corrected chi connectivity index (χ0v) is 15.3. The van der Waals surface area contributed by atoms with Gasteiger partial charge in [-0.2, -0.15) is 0 Å². The van der Waals surface area contributed by atoms with Crippen LogP contribution in [-0.4, -0.2) is 22.1 Å². The molecule has 0 saturated heterocycles. The van der Waals surface area contributed by atoms with Gasteiger partial charge < -0.3 is 5.32 Å². The maximum absolute atomic E-state index is 12.3. The number of nitrogens with zero attached hydrogens (tertiary/aromatic N) is 2. The number of aromatic nitrogens is 2. The van der Waals surface area contributed by atoms with Gasteiger partial charge in [-0.25, -0.2) is 0 Å². The first-order valence-corrected chi connectivity index (χ1v) is 9.56. The van der Waals surface area contributed by atoms with Crippen molar-refractivity contribution in [1.29, 1.82) is 0 Å². The molecule has 0 radical (unpaired) electrons. The molecule has 0 atom stereocenters. The Morgan fingerprint density at radius 1 is 1.04 bits per heavy atom. The third-order valence-corrected chi connectivity index (χ3v) is 5.42. The number of nitrogens with one attached hydrogen (secondary N) is 2. The Hall–Kier alpha value is -1.37. The molecule has 1 saturated carbocycles. The zero-order valence-electron chi connectivity index (χ0n) is 13.0. The van der Waals surface area contributed by atoms with Crippen LogP contribution in [0.4, 0.5) is 10.3 Å². The molecule has 0 bridgehead atoms. The summed E-state index contributed by atoms with van der Waals surface area (Å²) in [5.41, 5.74) is 0.245. The maximum Gasteiger partial charge on any atom is 0.260 e. The fourth-order valence-corrected chi connectivity index (χ4v) is 4.09. The molecule has 1 aromatic heterocycles. The first-order chi connectivity index (χ1) is 11.6. The highest BCUT2D eigenvalue weighted by atomic mass is 35.5. The number of anilines is 2. The van der Waals surface area contributed by atoms with Crippen LogP contribution in [0.25, 0.3) is 0 Å². The van der Waals surface area contributed by atoms with E-state index in [0.29, 0.717) is 21.2 Å². The van der Waals surface area contributed by atoms with Crippen LogP contribution in [0.5, 0.6) is 0 Å². The van der Waals surface area contributed by atoms with E-state index < -0.39 is 0 Å². The van der Waals surface area contributed by atoms with E-state index in [1.165, 1.54) is 37.0 Å². The molecular weight excluding hydrogens is 367 g/mol. The molecule has 1 aliphatic rings. The van der Waals surface area contributed by atoms with Crippen molar-refractivity contribution >= 4 is 50.7 Å². The second kappa shape index (κ2) is 8.14. The Morgan fingerprint density at radius 3 is 2.33 bits per heavy atom. The molecule has 24 heavy (non-hydrogen) atoms. The smallest absolute Gasteiger partial charge is 0.260 e. The van der Waals surface area contributed by atoms with Gasteiger partial charge in [0.25, 0.3) is 5.91 Å². The van der Waals surface area contributed by atoms with Gasteiger partial charge in [0.15, 0.2) is 0 Å². The number of halogens is 2. The summed E-state index contributed by atoms with van der Waals surface area (Å²) in [7, 11) is 0. The van der Waals surface area contributed by atoms with Crippen molar-refractivity contribution in [2.45, 2.75) is 44.6 Å². The summed E-state index contributed by atoms with van der Waals surface area (Å²) in [5, 5.41) is 16.0. The molecule has 0 spiro atoms. The van der Waals surface area contributed by atoms with Crippen molar-refractivity contribution in [3.05, 3.63) is 33.8 Å². The van der Waals surface area contributed by atoms with Crippen molar-refractivity contribution in [3.63, 3.8) is 0 Å². The second-order valence-corrected chi connectivity index (χ2v) is 7.59. The van der Waals surface area contributed by atoms with Crippen LogP contribution < -0.4 is 10.6 Å². The topological polar surface area (TPSA) is 66.9 Å². The SMILES string of the molecule is O=C(Nc1nnc(NC2CCCCCC2)s1)c1c(Cl)cccc1Cl. The third-order valence-electron chi connectivity index (χ3n) is 4.02. The average molecular weight is 385 g/mol. The lowest BCUT2D eigenvalue weighted by Gasteiger charge is -2.14. The molecule has 0 aliphatic heterocycles. The predicted molar refractivity (Wildman–Crippen MR) is 99.4 cm³/mol. The molecule has 1 aliphatic carbocycles. The summed E-state index contributed by atoms with van der Waals surface area (Å²) in [6.07, 6.45) is 7.38. The third kappa shape index (κ3) is 4.37. The number of benzene rings is 1. The van der Waals surface area contributed by atoms with E-state index in [-0.39, 0.29) is 11.5 Å². The van der Waals surface area contributed by atoms with Crippen molar-refractivity contribution < 1.29 is 4.79 Å². The van der Waals surface area contributed by atoms with Gasteiger partial charge in [0, 0.05) is 6.04 Å². The minimum absolute atomic E-state index is 0.245. The molecular formula is C16H18Cl2N4OS. The van der Waals surface area contributed by atoms with Gasteiger partial charge in [0.05, 0.1) is 15.6 Å². The molecule has 2 aromatic rings. The standard InChI is InChI=1S/C16H18Cl2N4OS/c17-11-8-5-9-12(18)13(11)14(23)20-16-22-21-15(24-16)19-10-6-3-1-2-4-7-10/h5,8-10H,1-4,6-7H2,(H,19,21)(H,20,22,23). The zero-order chi connectivity index (χ0) is 16.9. The molecule has 1 aromatic carbocycles. The normalized spacial score (nSPS) is 15.8. The Labute approximate surface area is 154 Å². The molecule has 128 valence electrons. The highest BCUT2D eigenvalue weighted by Gasteiger charge is 2.18. The molecule has 2 N–H and O–H groups in total. The number of hydrogen-bond donors (Lipinski definition) is 2. The lowest BCUT2D eigenvalue weighted by atomic mass is 10.1. The van der Waals surface area contributed by atoms with Crippen molar-refractivity contribution in [1.82, 2.24) is 10.2 Å². The Bertz CT molecular complexity index is 694. The van der Waals surface area contributed by atoms with Gasteiger partial charge in [-0.15, -0.1) is 10.2 Å². The molecule has 3 rings (SSSR count). The van der Waals surface area contributed by atoms with E-state index >= 15 is 0 Å². The van der Waals surface area contributed by atoms with Crippen LogP contribution in [0.15, 0.2) is 18.2 Å². The number of carbonyl (C=O) groups is 1. The average Bonchev–Trinajstić information content (AvgIpc) is 2.80. The quantitative estimate of drug-likeness (QED) is 0.707. The summed E-state index contributed by atoms with van der Waals surface area (Å²) in [5.74, 6) is -0.386. The van der Waals surface area contributed by atoms with E-state index in [9.17, 15) is 4.79 Å². The molecule has 1 amide bonds. The van der Waals surface area contributed by atoms with Crippen LogP contribution in [0.2, 0.25) is 10.0 Å². The fourth-order valence-electron chi connectivity index (χ4n) is 2.80. The van der Waals surface area contributed by atoms with Gasteiger partial charge in [0.2, 0.25) is 10.3 Å². The van der Waals surface area contributed by atoms with E-state index in [1.807, 2.05) is 0 Å². The molecule has 8 heteroatoms. The molecule has 5 nitrogen and oxygen atoms in total. The summed E-state index contributed by atoms with van der Waals surface area (Å²) < 4.78 is 0. The van der Waals surface area contributed by atoms with E-state index in [4.69, 9.17) is 23.2 Å². The first-order valence-electron chi connectivity index (χ1n) is 7.99. The number of carbonyl (C=O) groups excluding carboxylic acids is 1. The summed E-state index contributed by atoms with van der Waals surface area (Å²) >= 11 is 13.4. The lowest BCUT2D eigenvalue weighted by Crippen LogP contribution is -2.17. The van der Waals surface area contributed by atoms with Crippen LogP contribution in [0.1, 0.15) is 48.9 Å². The van der Waals surface area contributed by atoms with Crippen molar-refractivity contribution in [2.24, 2.45) is 0 Å². The predicted octanol–water partition coefficient (Wildman–Crippen LogP) is 5.23. The molecule has 1 heterocycles. The van der Waals surface area contributed by atoms with Gasteiger partial charge in [0.1, 0.15) is 0 Å². The molecule has 0 unspecified atom stereocenters. The van der Waals surface area contributed by atoms with Crippen molar-refractivity contribution in [2.75, 3.05) is 10.6 Å². The number of rotatable bonds is 4. The highest BCUT2D eigenvalue weighted by Crippen LogP contribution is 2.28. The summed E-state index contributed by atoms with van der Waals surface area (Å²) in [6.45, 7) is 0. The molecule has 1 fully saturated rings. The largest absolute Gasteiger partial charge is 0.357 e. The monoisotopic (exact) mass is 384 g/mol. The Kier molecular flexibility index (Phi) is 5.92. The van der Waals surface area contributed by atoms with Crippen LogP contribution in [0.3, 0.4) is 0 Å². The maximum atomic E-state index is 12.3. The summed E-state index contributed by atoms with van der Waals surface area (Å²) in [6, 6.07) is 5.38. The second-order valence-electron chi connectivity index (χ2n) is 5.80. The highest BCUT2D eigenvalue weighted by molar-refractivity contribution is 7.19. The van der Waals surface area contributed by atoms with E-state index in [0.717, 1.165) is 18.0 Å². The van der Waals surface area contributed by atoms with Crippen LogP contribution in [-0.2, 0) is 0 Å². The fraction of sp³-hybridized carbons (Fsp3) is 0.438. The Balaban J connectivity index is 1.64. The van der Waals surface area contributed by atoms with Gasteiger partial charge >= 0.3 is 0 Å². The van der Waals surface area contributed by atoms with Gasteiger partial charge in [-0.3, -0.25) is 10.1 Å². The Morgan fingerprint density at radius 2 is 1.67 bits per heavy atom. The van der Waals surface area contributed by atoms with Gasteiger partial charge in [-0.05, 0) is 25.0 Å². The number of hydrogen-bond acceptors (Lipinski definition) is 5. The van der Waals surface area contributed by atoms with Crippen LogP contribution in [0, 0.1) is 0 Å². The van der Waals surface area contributed by atoms with E-state index in [1.54, 1.807) is 18.2 Å². The number of amides is 1. The minimum atomic E-state index is -0.386. The van der Waals surface area contributed by atoms with Gasteiger partial charge in [-0.1, -0.05) is 66.3 Å². The first kappa shape index (κ1) is 17.5.